The maximum absolute atomic E-state index is 14.4. The van der Waals surface area contributed by atoms with E-state index in [1.54, 1.807) is 6.07 Å². The summed E-state index contributed by atoms with van der Waals surface area (Å²) >= 11 is 0. The lowest BCUT2D eigenvalue weighted by molar-refractivity contribution is -0.136. The van der Waals surface area contributed by atoms with Gasteiger partial charge in [0.15, 0.2) is 0 Å². The van der Waals surface area contributed by atoms with Crippen LogP contribution in [0.3, 0.4) is 0 Å². The van der Waals surface area contributed by atoms with Gasteiger partial charge in [0.05, 0.1) is 0 Å². The number of likely N-dealkylation sites (tertiary alicyclic amines) is 1. The molecule has 2 aliphatic rings. The van der Waals surface area contributed by atoms with Gasteiger partial charge in [0.2, 0.25) is 5.91 Å². The van der Waals surface area contributed by atoms with Crippen molar-refractivity contribution in [3.8, 4) is 11.1 Å². The standard InChI is InChI=1S/C33H42FN3O3/c1-22-11-8-9-15-26(22)28-21-36(29-17-16-24(34)19-27(28)29)20-25-14-10-18-37(25)31(38)30(23-12-6-5-7-13-23)35-32(39)40-33(2,3)4/h8-9,11,15-17,19,21,23,25,30H,5-7,10,12-14,18,20H2,1-4H3,(H,35,39)/t25-,30-/m0/s1. The number of ether oxygens (including phenoxy) is 1. The molecule has 0 spiro atoms. The minimum Gasteiger partial charge on any atom is -0.444 e. The first kappa shape index (κ1) is 28.2. The Kier molecular flexibility index (Phi) is 8.20. The molecule has 1 aliphatic carbocycles. The second-order valence-electron chi connectivity index (χ2n) is 12.5. The van der Waals surface area contributed by atoms with Crippen molar-refractivity contribution in [2.45, 2.75) is 96.9 Å². The van der Waals surface area contributed by atoms with Crippen LogP contribution >= 0.6 is 0 Å². The van der Waals surface area contributed by atoms with E-state index in [1.165, 1.54) is 12.5 Å². The van der Waals surface area contributed by atoms with E-state index in [9.17, 15) is 14.0 Å². The zero-order valence-electron chi connectivity index (χ0n) is 24.2. The first-order chi connectivity index (χ1) is 19.1. The van der Waals surface area contributed by atoms with Crippen LogP contribution in [-0.4, -0.2) is 45.7 Å². The molecule has 1 aliphatic heterocycles. The van der Waals surface area contributed by atoms with Crippen molar-refractivity contribution in [2.24, 2.45) is 5.92 Å². The average molecular weight is 548 g/mol. The van der Waals surface area contributed by atoms with Gasteiger partial charge in [0.1, 0.15) is 17.5 Å². The number of nitrogens with one attached hydrogen (secondary N) is 1. The first-order valence-corrected chi connectivity index (χ1v) is 14.7. The highest BCUT2D eigenvalue weighted by molar-refractivity contribution is 5.97. The van der Waals surface area contributed by atoms with Gasteiger partial charge < -0.3 is 19.5 Å². The Bertz CT molecular complexity index is 1370. The lowest BCUT2D eigenvalue weighted by Gasteiger charge is -2.35. The number of nitrogens with zero attached hydrogens (tertiary/aromatic N) is 2. The van der Waals surface area contributed by atoms with E-state index in [-0.39, 0.29) is 23.7 Å². The number of hydrogen-bond acceptors (Lipinski definition) is 3. The molecule has 0 radical (unpaired) electrons. The van der Waals surface area contributed by atoms with Crippen LogP contribution in [0, 0.1) is 18.7 Å². The molecule has 0 unspecified atom stereocenters. The number of amides is 2. The van der Waals surface area contributed by atoms with Crippen LogP contribution < -0.4 is 5.32 Å². The SMILES string of the molecule is Cc1ccccc1-c1cn(C[C@@H]2CCCN2C(=O)[C@@H](NC(=O)OC(C)(C)C)C2CCCCC2)c2ccc(F)cc12. The third-order valence-corrected chi connectivity index (χ3v) is 8.41. The van der Waals surface area contributed by atoms with E-state index in [2.05, 4.69) is 35.1 Å². The van der Waals surface area contributed by atoms with Gasteiger partial charge in [-0.15, -0.1) is 0 Å². The Labute approximate surface area is 236 Å². The van der Waals surface area contributed by atoms with Crippen molar-refractivity contribution in [1.29, 1.82) is 0 Å². The molecule has 2 amide bonds. The predicted octanol–water partition coefficient (Wildman–Crippen LogP) is 7.22. The van der Waals surface area contributed by atoms with Crippen LogP contribution in [0.15, 0.2) is 48.7 Å². The van der Waals surface area contributed by atoms with Crippen LogP contribution in [0.1, 0.15) is 71.3 Å². The van der Waals surface area contributed by atoms with Crippen LogP contribution in [-0.2, 0) is 16.1 Å². The summed E-state index contributed by atoms with van der Waals surface area (Å²) in [6, 6.07) is 12.5. The zero-order chi connectivity index (χ0) is 28.4. The normalized spacial score (nSPS) is 19.1. The first-order valence-electron chi connectivity index (χ1n) is 14.7. The summed E-state index contributed by atoms with van der Waals surface area (Å²) in [7, 11) is 0. The molecule has 3 aromatic rings. The van der Waals surface area contributed by atoms with Crippen LogP contribution in [0.4, 0.5) is 9.18 Å². The Morgan fingerprint density at radius 3 is 2.50 bits per heavy atom. The van der Waals surface area contributed by atoms with E-state index < -0.39 is 17.7 Å². The lowest BCUT2D eigenvalue weighted by Crippen LogP contribution is -2.55. The van der Waals surface area contributed by atoms with Crippen LogP contribution in [0.2, 0.25) is 0 Å². The fourth-order valence-corrected chi connectivity index (χ4v) is 6.51. The zero-order valence-corrected chi connectivity index (χ0v) is 24.2. The number of halogens is 1. The van der Waals surface area contributed by atoms with Gasteiger partial charge >= 0.3 is 6.09 Å². The summed E-state index contributed by atoms with van der Waals surface area (Å²) in [6.45, 7) is 8.85. The van der Waals surface area contributed by atoms with Gasteiger partial charge in [0.25, 0.3) is 0 Å². The average Bonchev–Trinajstić information content (AvgIpc) is 3.51. The lowest BCUT2D eigenvalue weighted by atomic mass is 9.83. The van der Waals surface area contributed by atoms with Gasteiger partial charge in [-0.25, -0.2) is 9.18 Å². The summed E-state index contributed by atoms with van der Waals surface area (Å²) in [6.07, 6.45) is 8.54. The quantitative estimate of drug-likeness (QED) is 0.354. The Balaban J connectivity index is 1.42. The highest BCUT2D eigenvalue weighted by atomic mass is 19.1. The van der Waals surface area contributed by atoms with Crippen molar-refractivity contribution in [3.05, 3.63) is 60.0 Å². The Morgan fingerprint density at radius 2 is 1.77 bits per heavy atom. The molecule has 5 rings (SSSR count). The van der Waals surface area contributed by atoms with Gasteiger partial charge in [-0.3, -0.25) is 4.79 Å². The monoisotopic (exact) mass is 547 g/mol. The Hall–Kier alpha value is -3.35. The van der Waals surface area contributed by atoms with E-state index in [0.29, 0.717) is 13.1 Å². The van der Waals surface area contributed by atoms with Gasteiger partial charge in [-0.05, 0) is 88.6 Å². The highest BCUT2D eigenvalue weighted by Crippen LogP contribution is 2.35. The highest BCUT2D eigenvalue weighted by Gasteiger charge is 2.39. The maximum Gasteiger partial charge on any atom is 0.408 e. The summed E-state index contributed by atoms with van der Waals surface area (Å²) in [5.74, 6) is -0.166. The molecule has 1 saturated heterocycles. The number of rotatable bonds is 6. The van der Waals surface area contributed by atoms with E-state index >= 15 is 0 Å². The van der Waals surface area contributed by atoms with Crippen molar-refractivity contribution < 1.29 is 18.7 Å². The van der Waals surface area contributed by atoms with E-state index in [0.717, 1.165) is 66.1 Å². The molecule has 2 fully saturated rings. The van der Waals surface area contributed by atoms with Crippen molar-refractivity contribution in [1.82, 2.24) is 14.8 Å². The second-order valence-corrected chi connectivity index (χ2v) is 12.5. The minimum absolute atomic E-state index is 0.00981. The maximum atomic E-state index is 14.4. The van der Waals surface area contributed by atoms with Crippen LogP contribution in [0.25, 0.3) is 22.0 Å². The van der Waals surface area contributed by atoms with Crippen LogP contribution in [0.5, 0.6) is 0 Å². The number of hydrogen-bond donors (Lipinski definition) is 1. The second kappa shape index (κ2) is 11.6. The number of benzene rings is 2. The summed E-state index contributed by atoms with van der Waals surface area (Å²) in [5, 5.41) is 3.84. The number of aryl methyl sites for hydroxylation is 1. The number of fused-ring (bicyclic) bond motifs is 1. The molecule has 2 heterocycles. The summed E-state index contributed by atoms with van der Waals surface area (Å²) < 4.78 is 22.1. The smallest absolute Gasteiger partial charge is 0.408 e. The summed E-state index contributed by atoms with van der Waals surface area (Å²) in [5.41, 5.74) is 3.52. The van der Waals surface area contributed by atoms with Gasteiger partial charge in [-0.1, -0.05) is 43.5 Å². The summed E-state index contributed by atoms with van der Waals surface area (Å²) in [4.78, 5) is 28.9. The number of carbonyl (C=O) groups is 2. The number of carbonyl (C=O) groups excluding carboxylic acids is 2. The molecule has 40 heavy (non-hydrogen) atoms. The molecule has 0 bridgehead atoms. The molecule has 214 valence electrons. The van der Waals surface area contributed by atoms with Crippen molar-refractivity contribution in [2.75, 3.05) is 6.54 Å². The third kappa shape index (κ3) is 6.18. The fourth-order valence-electron chi connectivity index (χ4n) is 6.51. The predicted molar refractivity (Wildman–Crippen MR) is 157 cm³/mol. The minimum atomic E-state index is -0.635. The molecule has 2 atom stereocenters. The number of alkyl carbamates (subject to hydrolysis) is 1. The molecular formula is C33H42FN3O3. The van der Waals surface area contributed by atoms with Crippen molar-refractivity contribution >= 4 is 22.9 Å². The van der Waals surface area contributed by atoms with Gasteiger partial charge in [-0.2, -0.15) is 0 Å². The number of aromatic nitrogens is 1. The molecule has 1 aromatic heterocycles. The van der Waals surface area contributed by atoms with Crippen molar-refractivity contribution in [3.63, 3.8) is 0 Å². The largest absolute Gasteiger partial charge is 0.444 e. The van der Waals surface area contributed by atoms with E-state index in [1.807, 2.05) is 43.9 Å². The molecule has 2 aromatic carbocycles. The molecular weight excluding hydrogens is 505 g/mol. The van der Waals surface area contributed by atoms with Gasteiger partial charge in [0, 0.05) is 41.8 Å². The fraction of sp³-hybridized carbons (Fsp3) is 0.515. The third-order valence-electron chi connectivity index (χ3n) is 8.41. The topological polar surface area (TPSA) is 63.6 Å². The van der Waals surface area contributed by atoms with E-state index in [4.69, 9.17) is 4.74 Å². The molecule has 1 saturated carbocycles. The molecule has 7 heteroatoms. The molecule has 6 nitrogen and oxygen atoms in total. The molecule has 1 N–H and O–H groups in total. The Morgan fingerprint density at radius 1 is 1.02 bits per heavy atom.